The SMILES string of the molecule is CCCCCCCCCCCCCCCC[n+]1ccn(C)c1C.[OH-]. The van der Waals surface area contributed by atoms with Crippen LogP contribution in [-0.2, 0) is 13.6 Å². The van der Waals surface area contributed by atoms with Gasteiger partial charge in [0, 0.05) is 6.92 Å². The molecule has 0 aliphatic rings. The molecule has 1 N–H and O–H groups in total. The first-order valence-corrected chi connectivity index (χ1v) is 10.3. The van der Waals surface area contributed by atoms with Crippen LogP contribution in [-0.4, -0.2) is 10.0 Å². The molecule has 142 valence electrons. The van der Waals surface area contributed by atoms with Crippen LogP contribution in [0.4, 0.5) is 0 Å². The summed E-state index contributed by atoms with van der Waals surface area (Å²) < 4.78 is 4.57. The molecular formula is C21H42N2O. The number of aryl methyl sites for hydroxylation is 2. The van der Waals surface area contributed by atoms with Crippen molar-refractivity contribution in [1.82, 2.24) is 4.57 Å². The maximum Gasteiger partial charge on any atom is 0.253 e. The topological polar surface area (TPSA) is 38.8 Å². The van der Waals surface area contributed by atoms with Crippen molar-refractivity contribution in [2.45, 2.75) is 110 Å². The zero-order valence-corrected chi connectivity index (χ0v) is 16.6. The quantitative estimate of drug-likeness (QED) is 0.289. The molecule has 0 radical (unpaired) electrons. The van der Waals surface area contributed by atoms with E-state index in [1.54, 1.807) is 0 Å². The number of unbranched alkanes of at least 4 members (excludes halogenated alkanes) is 13. The molecular weight excluding hydrogens is 296 g/mol. The molecule has 0 unspecified atom stereocenters. The van der Waals surface area contributed by atoms with Gasteiger partial charge in [-0.1, -0.05) is 84.0 Å². The van der Waals surface area contributed by atoms with Gasteiger partial charge in [0.15, 0.2) is 0 Å². The second-order valence-electron chi connectivity index (χ2n) is 7.25. The number of hydrogen-bond acceptors (Lipinski definition) is 1. The first kappa shape index (κ1) is 23.2. The summed E-state index contributed by atoms with van der Waals surface area (Å²) in [5.74, 6) is 1.36. The van der Waals surface area contributed by atoms with Crippen molar-refractivity contribution >= 4 is 0 Å². The van der Waals surface area contributed by atoms with E-state index >= 15 is 0 Å². The van der Waals surface area contributed by atoms with Crippen molar-refractivity contribution in [2.24, 2.45) is 7.05 Å². The van der Waals surface area contributed by atoms with Gasteiger partial charge in [0.05, 0.1) is 13.6 Å². The molecule has 0 aliphatic carbocycles. The lowest BCUT2D eigenvalue weighted by atomic mass is 10.0. The highest BCUT2D eigenvalue weighted by Gasteiger charge is 2.07. The Morgan fingerprint density at radius 1 is 0.750 bits per heavy atom. The smallest absolute Gasteiger partial charge is 0.253 e. The zero-order valence-electron chi connectivity index (χ0n) is 16.6. The molecule has 1 aromatic heterocycles. The van der Waals surface area contributed by atoms with Gasteiger partial charge in [0.2, 0.25) is 0 Å². The summed E-state index contributed by atoms with van der Waals surface area (Å²) >= 11 is 0. The third-order valence-electron chi connectivity index (χ3n) is 5.15. The van der Waals surface area contributed by atoms with Crippen molar-refractivity contribution in [1.29, 1.82) is 0 Å². The molecule has 1 rings (SSSR count). The van der Waals surface area contributed by atoms with E-state index in [9.17, 15) is 0 Å². The van der Waals surface area contributed by atoms with E-state index in [1.165, 1.54) is 102 Å². The number of aromatic nitrogens is 2. The highest BCUT2D eigenvalue weighted by atomic mass is 16.0. The second-order valence-corrected chi connectivity index (χ2v) is 7.25. The molecule has 3 nitrogen and oxygen atoms in total. The molecule has 0 amide bonds. The van der Waals surface area contributed by atoms with Gasteiger partial charge in [-0.25, -0.2) is 9.13 Å². The molecule has 0 fully saturated rings. The molecule has 1 heterocycles. The Bertz CT molecular complexity index is 387. The van der Waals surface area contributed by atoms with Crippen molar-refractivity contribution in [3.05, 3.63) is 18.2 Å². The maximum absolute atomic E-state index is 2.38. The third kappa shape index (κ3) is 10.9. The highest BCUT2D eigenvalue weighted by molar-refractivity contribution is 4.76. The Balaban J connectivity index is 0.00000529. The third-order valence-corrected chi connectivity index (χ3v) is 5.15. The van der Waals surface area contributed by atoms with E-state index in [4.69, 9.17) is 0 Å². The van der Waals surface area contributed by atoms with Crippen molar-refractivity contribution < 1.29 is 10.0 Å². The fourth-order valence-corrected chi connectivity index (χ4v) is 3.31. The van der Waals surface area contributed by atoms with Crippen LogP contribution in [0, 0.1) is 6.92 Å². The normalized spacial score (nSPS) is 10.8. The van der Waals surface area contributed by atoms with Crippen LogP contribution in [0.15, 0.2) is 12.4 Å². The fraction of sp³-hybridized carbons (Fsp3) is 0.857. The Labute approximate surface area is 150 Å². The first-order valence-electron chi connectivity index (χ1n) is 10.3. The Hall–Kier alpha value is -0.830. The summed E-state index contributed by atoms with van der Waals surface area (Å²) in [6.45, 7) is 5.68. The maximum atomic E-state index is 2.38. The zero-order chi connectivity index (χ0) is 16.8. The van der Waals surface area contributed by atoms with Gasteiger partial charge >= 0.3 is 0 Å². The minimum Gasteiger partial charge on any atom is -0.870 e. The van der Waals surface area contributed by atoms with Gasteiger partial charge in [-0.15, -0.1) is 0 Å². The molecule has 0 saturated carbocycles. The lowest BCUT2D eigenvalue weighted by Gasteiger charge is -2.03. The molecule has 1 aromatic rings. The Morgan fingerprint density at radius 2 is 1.17 bits per heavy atom. The summed E-state index contributed by atoms with van der Waals surface area (Å²) in [6, 6.07) is 0. The van der Waals surface area contributed by atoms with Gasteiger partial charge in [-0.05, 0) is 12.8 Å². The molecule has 0 bridgehead atoms. The standard InChI is InChI=1S/C21H41N2.H2O/c1-4-5-6-7-8-9-10-11-12-13-14-15-16-17-18-23-20-19-22(3)21(23)2;/h19-20H,4-18H2,1-3H3;1H2/q+1;/p-1. The number of hydrogen-bond donors (Lipinski definition) is 0. The van der Waals surface area contributed by atoms with E-state index in [0.29, 0.717) is 0 Å². The van der Waals surface area contributed by atoms with Crippen molar-refractivity contribution in [2.75, 3.05) is 0 Å². The summed E-state index contributed by atoms with van der Waals surface area (Å²) in [6.07, 6.45) is 24.4. The number of nitrogens with zero attached hydrogens (tertiary/aromatic N) is 2. The van der Waals surface area contributed by atoms with Gasteiger partial charge in [0.25, 0.3) is 5.82 Å². The summed E-state index contributed by atoms with van der Waals surface area (Å²) in [5.41, 5.74) is 0. The average Bonchev–Trinajstić information content (AvgIpc) is 2.87. The summed E-state index contributed by atoms with van der Waals surface area (Å²) in [7, 11) is 2.12. The second kappa shape index (κ2) is 15.7. The van der Waals surface area contributed by atoms with Crippen LogP contribution in [0.25, 0.3) is 0 Å². The van der Waals surface area contributed by atoms with Crippen molar-refractivity contribution in [3.63, 3.8) is 0 Å². The lowest BCUT2D eigenvalue weighted by Crippen LogP contribution is -2.35. The van der Waals surface area contributed by atoms with Crippen LogP contribution in [0.1, 0.15) is 103 Å². The Kier molecular flexibility index (Phi) is 15.1. The molecule has 3 heteroatoms. The van der Waals surface area contributed by atoms with E-state index in [2.05, 4.69) is 42.4 Å². The Morgan fingerprint density at radius 3 is 1.54 bits per heavy atom. The first-order chi connectivity index (χ1) is 11.3. The van der Waals surface area contributed by atoms with Gasteiger partial charge in [-0.3, -0.25) is 0 Å². The molecule has 0 aromatic carbocycles. The van der Waals surface area contributed by atoms with Gasteiger partial charge < -0.3 is 5.48 Å². The molecule has 0 atom stereocenters. The number of rotatable bonds is 15. The average molecular weight is 339 g/mol. The minimum atomic E-state index is 0. The number of imidazole rings is 1. The van der Waals surface area contributed by atoms with Crippen LogP contribution in [0.3, 0.4) is 0 Å². The van der Waals surface area contributed by atoms with E-state index in [1.807, 2.05) is 0 Å². The van der Waals surface area contributed by atoms with Crippen LogP contribution >= 0.6 is 0 Å². The molecule has 24 heavy (non-hydrogen) atoms. The fourth-order valence-electron chi connectivity index (χ4n) is 3.31. The lowest BCUT2D eigenvalue weighted by molar-refractivity contribution is -0.702. The van der Waals surface area contributed by atoms with Gasteiger partial charge in [-0.2, -0.15) is 0 Å². The van der Waals surface area contributed by atoms with Crippen molar-refractivity contribution in [3.8, 4) is 0 Å². The largest absolute Gasteiger partial charge is 0.870 e. The van der Waals surface area contributed by atoms with Gasteiger partial charge in [0.1, 0.15) is 12.4 Å². The predicted octanol–water partition coefficient (Wildman–Crippen LogP) is 5.93. The van der Waals surface area contributed by atoms with Crippen LogP contribution in [0.5, 0.6) is 0 Å². The molecule has 0 saturated heterocycles. The monoisotopic (exact) mass is 338 g/mol. The summed E-state index contributed by atoms with van der Waals surface area (Å²) in [5, 5.41) is 0. The van der Waals surface area contributed by atoms with Crippen LogP contribution < -0.4 is 4.57 Å². The molecule has 0 spiro atoms. The molecule has 0 aliphatic heterocycles. The van der Waals surface area contributed by atoms with E-state index in [0.717, 1.165) is 0 Å². The highest BCUT2D eigenvalue weighted by Crippen LogP contribution is 2.12. The van der Waals surface area contributed by atoms with E-state index in [-0.39, 0.29) is 5.48 Å². The minimum absolute atomic E-state index is 0. The summed E-state index contributed by atoms with van der Waals surface area (Å²) in [4.78, 5) is 0. The predicted molar refractivity (Wildman–Crippen MR) is 103 cm³/mol. The van der Waals surface area contributed by atoms with E-state index < -0.39 is 0 Å². The van der Waals surface area contributed by atoms with Crippen LogP contribution in [0.2, 0.25) is 0 Å².